The number of rotatable bonds is 5. The van der Waals surface area contributed by atoms with Crippen molar-refractivity contribution in [1.82, 2.24) is 29.9 Å². The van der Waals surface area contributed by atoms with Crippen LogP contribution in [0, 0.1) is 10.2 Å². The Hall–Kier alpha value is -2.98. The van der Waals surface area contributed by atoms with Gasteiger partial charge in [0.15, 0.2) is 10.7 Å². The first-order valence-electron chi connectivity index (χ1n) is 7.44. The lowest BCUT2D eigenvalue weighted by atomic mass is 10.1. The van der Waals surface area contributed by atoms with E-state index >= 15 is 0 Å². The average molecular weight is 393 g/mol. The summed E-state index contributed by atoms with van der Waals surface area (Å²) in [6.45, 7) is 0.816. The van der Waals surface area contributed by atoms with Crippen LogP contribution in [-0.2, 0) is 6.54 Å². The maximum atomic E-state index is 12.0. The Labute approximate surface area is 159 Å². The first-order chi connectivity index (χ1) is 12.1. The average Bonchev–Trinajstić information content (AvgIpc) is 3.10. The SMILES string of the molecule is Cl.N=C(N)NCCn1c(-c2ccccc2-n2nccn2)cc(=O)[nH]c1=S. The predicted octanol–water partition coefficient (Wildman–Crippen LogP) is 1.06. The molecule has 2 heterocycles. The molecule has 3 rings (SSSR count). The summed E-state index contributed by atoms with van der Waals surface area (Å²) >= 11 is 5.31. The minimum Gasteiger partial charge on any atom is -0.370 e. The molecule has 9 nitrogen and oxygen atoms in total. The van der Waals surface area contributed by atoms with E-state index in [1.54, 1.807) is 17.0 Å². The van der Waals surface area contributed by atoms with Crippen molar-refractivity contribution in [2.24, 2.45) is 5.73 Å². The molecule has 0 saturated carbocycles. The summed E-state index contributed by atoms with van der Waals surface area (Å²) in [5.74, 6) is -0.126. The summed E-state index contributed by atoms with van der Waals surface area (Å²) in [6, 6.07) is 8.94. The van der Waals surface area contributed by atoms with Crippen molar-refractivity contribution in [2.45, 2.75) is 6.54 Å². The topological polar surface area (TPSA) is 130 Å². The molecule has 0 aliphatic heterocycles. The smallest absolute Gasteiger partial charge is 0.252 e. The lowest BCUT2D eigenvalue weighted by Gasteiger charge is -2.16. The third-order valence-electron chi connectivity index (χ3n) is 3.50. The molecule has 0 unspecified atom stereocenters. The molecule has 0 saturated heterocycles. The quantitative estimate of drug-likeness (QED) is 0.292. The van der Waals surface area contributed by atoms with Crippen LogP contribution in [-0.4, -0.2) is 37.0 Å². The van der Waals surface area contributed by atoms with Gasteiger partial charge in [0.1, 0.15) is 0 Å². The Morgan fingerprint density at radius 2 is 2.00 bits per heavy atom. The third kappa shape index (κ3) is 4.16. The van der Waals surface area contributed by atoms with Gasteiger partial charge in [-0.15, -0.1) is 12.4 Å². The summed E-state index contributed by atoms with van der Waals surface area (Å²) in [5, 5.41) is 18.3. The molecule has 0 bridgehead atoms. The number of aromatic amines is 1. The van der Waals surface area contributed by atoms with Gasteiger partial charge in [-0.25, -0.2) is 0 Å². The molecule has 0 radical (unpaired) electrons. The third-order valence-corrected chi connectivity index (χ3v) is 3.82. The molecule has 0 spiro atoms. The van der Waals surface area contributed by atoms with Gasteiger partial charge in [0.05, 0.1) is 23.8 Å². The summed E-state index contributed by atoms with van der Waals surface area (Å²) in [7, 11) is 0. The zero-order valence-corrected chi connectivity index (χ0v) is 15.2. The lowest BCUT2D eigenvalue weighted by Crippen LogP contribution is -2.33. The zero-order valence-electron chi connectivity index (χ0n) is 13.5. The zero-order chi connectivity index (χ0) is 17.8. The van der Waals surface area contributed by atoms with E-state index < -0.39 is 0 Å². The number of H-pyrrole nitrogens is 1. The Balaban J connectivity index is 0.00000243. The molecular formula is C15H17ClN8OS. The molecule has 2 aromatic heterocycles. The van der Waals surface area contributed by atoms with Crippen LogP contribution in [0.1, 0.15) is 0 Å². The fourth-order valence-electron chi connectivity index (χ4n) is 2.47. The number of nitrogens with one attached hydrogen (secondary N) is 3. The summed E-state index contributed by atoms with van der Waals surface area (Å²) in [4.78, 5) is 16.1. The molecule has 11 heteroatoms. The number of nitrogens with two attached hydrogens (primary N) is 1. The monoisotopic (exact) mass is 392 g/mol. The normalized spacial score (nSPS) is 10.2. The molecule has 5 N–H and O–H groups in total. The highest BCUT2D eigenvalue weighted by molar-refractivity contribution is 7.71. The molecule has 1 aromatic carbocycles. The Morgan fingerprint density at radius 3 is 2.69 bits per heavy atom. The first-order valence-corrected chi connectivity index (χ1v) is 7.85. The number of halogens is 1. The maximum absolute atomic E-state index is 12.0. The van der Waals surface area contributed by atoms with E-state index in [0.29, 0.717) is 18.8 Å². The van der Waals surface area contributed by atoms with Crippen LogP contribution in [0.25, 0.3) is 16.9 Å². The van der Waals surface area contributed by atoms with Crippen LogP contribution in [0.15, 0.2) is 47.5 Å². The molecule has 0 aliphatic rings. The molecule has 136 valence electrons. The van der Waals surface area contributed by atoms with Crippen LogP contribution in [0.3, 0.4) is 0 Å². The van der Waals surface area contributed by atoms with Gasteiger partial charge in [-0.1, -0.05) is 18.2 Å². The number of nitrogens with zero attached hydrogens (tertiary/aromatic N) is 4. The summed E-state index contributed by atoms with van der Waals surface area (Å²) < 4.78 is 2.06. The van der Waals surface area contributed by atoms with Gasteiger partial charge in [-0.05, 0) is 18.3 Å². The van der Waals surface area contributed by atoms with E-state index in [1.807, 2.05) is 24.3 Å². The number of hydrogen-bond acceptors (Lipinski definition) is 5. The van der Waals surface area contributed by atoms with Gasteiger partial charge in [0.25, 0.3) is 5.56 Å². The van der Waals surface area contributed by atoms with Crippen molar-refractivity contribution in [3.05, 3.63) is 57.9 Å². The van der Waals surface area contributed by atoms with Crippen LogP contribution in [0.5, 0.6) is 0 Å². The predicted molar refractivity (Wildman–Crippen MR) is 103 cm³/mol. The van der Waals surface area contributed by atoms with Crippen LogP contribution >= 0.6 is 24.6 Å². The van der Waals surface area contributed by atoms with E-state index in [2.05, 4.69) is 20.5 Å². The molecule has 0 fully saturated rings. The van der Waals surface area contributed by atoms with E-state index in [-0.39, 0.29) is 28.7 Å². The highest BCUT2D eigenvalue weighted by Gasteiger charge is 2.13. The van der Waals surface area contributed by atoms with E-state index in [1.165, 1.54) is 10.9 Å². The van der Waals surface area contributed by atoms with Crippen LogP contribution in [0.2, 0.25) is 0 Å². The second kappa shape index (κ2) is 8.41. The fraction of sp³-hybridized carbons (Fsp3) is 0.133. The second-order valence-corrected chi connectivity index (χ2v) is 5.54. The minimum absolute atomic E-state index is 0. The lowest BCUT2D eigenvalue weighted by molar-refractivity contribution is 0.648. The number of guanidine groups is 1. The molecule has 0 amide bonds. The van der Waals surface area contributed by atoms with Gasteiger partial charge < -0.3 is 15.6 Å². The minimum atomic E-state index is -0.293. The van der Waals surface area contributed by atoms with Gasteiger partial charge in [0, 0.05) is 24.7 Å². The largest absolute Gasteiger partial charge is 0.370 e. The molecule has 0 atom stereocenters. The van der Waals surface area contributed by atoms with Crippen LogP contribution in [0.4, 0.5) is 0 Å². The van der Waals surface area contributed by atoms with Gasteiger partial charge >= 0.3 is 0 Å². The van der Waals surface area contributed by atoms with Crippen molar-refractivity contribution in [2.75, 3.05) is 6.54 Å². The Bertz CT molecular complexity index is 1010. The van der Waals surface area contributed by atoms with Crippen LogP contribution < -0.4 is 16.6 Å². The molecule has 3 aromatic rings. The van der Waals surface area contributed by atoms with Crippen molar-refractivity contribution in [3.8, 4) is 16.9 Å². The molecular weight excluding hydrogens is 376 g/mol. The highest BCUT2D eigenvalue weighted by atomic mass is 35.5. The standard InChI is InChI=1S/C15H16N8OS.ClH/c16-14(17)18-7-8-22-12(9-13(24)21-15(22)25)10-3-1-2-4-11(10)23-19-5-6-20-23;/h1-6,9H,7-8H2,(H4,16,17,18)(H,21,24,25);1H. The van der Waals surface area contributed by atoms with E-state index in [9.17, 15) is 4.79 Å². The van der Waals surface area contributed by atoms with E-state index in [4.69, 9.17) is 23.4 Å². The summed E-state index contributed by atoms with van der Waals surface area (Å²) in [5.41, 5.74) is 7.14. The number of aromatic nitrogens is 5. The van der Waals surface area contributed by atoms with Crippen molar-refractivity contribution < 1.29 is 0 Å². The van der Waals surface area contributed by atoms with Gasteiger partial charge in [-0.3, -0.25) is 15.2 Å². The van der Waals surface area contributed by atoms with Crippen molar-refractivity contribution in [1.29, 1.82) is 5.41 Å². The summed E-state index contributed by atoms with van der Waals surface area (Å²) in [6.07, 6.45) is 3.16. The van der Waals surface area contributed by atoms with Crippen molar-refractivity contribution >= 4 is 30.6 Å². The van der Waals surface area contributed by atoms with Gasteiger partial charge in [-0.2, -0.15) is 15.0 Å². The van der Waals surface area contributed by atoms with E-state index in [0.717, 1.165) is 11.3 Å². The van der Waals surface area contributed by atoms with Gasteiger partial charge in [0.2, 0.25) is 0 Å². The number of hydrogen-bond donors (Lipinski definition) is 4. The maximum Gasteiger partial charge on any atom is 0.252 e. The molecule has 0 aliphatic carbocycles. The Morgan fingerprint density at radius 1 is 1.31 bits per heavy atom. The molecule has 26 heavy (non-hydrogen) atoms. The highest BCUT2D eigenvalue weighted by Crippen LogP contribution is 2.24. The Kier molecular flexibility index (Phi) is 6.26. The fourth-order valence-corrected chi connectivity index (χ4v) is 2.76. The second-order valence-electron chi connectivity index (χ2n) is 5.15. The van der Waals surface area contributed by atoms with Crippen molar-refractivity contribution in [3.63, 3.8) is 0 Å². The first kappa shape index (κ1) is 19.3. The number of benzene rings is 1. The number of para-hydroxylation sites is 1.